The van der Waals surface area contributed by atoms with E-state index in [9.17, 15) is 18.7 Å². The van der Waals surface area contributed by atoms with E-state index in [1.54, 1.807) is 18.2 Å². The number of carboxylic acid groups (broad SMARTS) is 1. The van der Waals surface area contributed by atoms with E-state index >= 15 is 0 Å². The molecule has 0 amide bonds. The summed E-state index contributed by atoms with van der Waals surface area (Å²) >= 11 is 0. The summed E-state index contributed by atoms with van der Waals surface area (Å²) in [5.41, 5.74) is -1.20. The van der Waals surface area contributed by atoms with Gasteiger partial charge in [-0.25, -0.2) is 8.78 Å². The van der Waals surface area contributed by atoms with Crippen molar-refractivity contribution in [2.45, 2.75) is 24.2 Å². The summed E-state index contributed by atoms with van der Waals surface area (Å²) in [7, 11) is 1.39. The Balaban J connectivity index is 2.46. The number of methoxy groups -OCH3 is 1. The molecule has 1 aromatic carbocycles. The number of aliphatic carboxylic acids is 1. The molecule has 0 bridgehead atoms. The van der Waals surface area contributed by atoms with Crippen molar-refractivity contribution in [2.24, 2.45) is 0 Å². The maximum atomic E-state index is 13.0. The monoisotopic (exact) mass is 242 g/mol. The summed E-state index contributed by atoms with van der Waals surface area (Å²) in [6.45, 7) is 0. The van der Waals surface area contributed by atoms with Crippen molar-refractivity contribution >= 4 is 5.97 Å². The van der Waals surface area contributed by atoms with Gasteiger partial charge in [-0.1, -0.05) is 18.2 Å². The SMILES string of the molecule is COc1ccccc1C1(C(=O)O)CC(F)(F)C1. The normalized spacial score (nSPS) is 20.4. The predicted molar refractivity (Wildman–Crippen MR) is 56.5 cm³/mol. The van der Waals surface area contributed by atoms with E-state index in [1.807, 2.05) is 0 Å². The van der Waals surface area contributed by atoms with Gasteiger partial charge in [-0.3, -0.25) is 4.79 Å². The van der Waals surface area contributed by atoms with Crippen molar-refractivity contribution in [3.8, 4) is 5.75 Å². The van der Waals surface area contributed by atoms with Crippen molar-refractivity contribution < 1.29 is 23.4 Å². The molecule has 1 saturated carbocycles. The van der Waals surface area contributed by atoms with Gasteiger partial charge in [0.1, 0.15) is 11.2 Å². The van der Waals surface area contributed by atoms with Crippen LogP contribution >= 0.6 is 0 Å². The fourth-order valence-electron chi connectivity index (χ4n) is 2.33. The smallest absolute Gasteiger partial charge is 0.314 e. The quantitative estimate of drug-likeness (QED) is 0.885. The van der Waals surface area contributed by atoms with E-state index in [2.05, 4.69) is 0 Å². The molecule has 0 atom stereocenters. The molecule has 1 aliphatic carbocycles. The lowest BCUT2D eigenvalue weighted by Gasteiger charge is -2.44. The van der Waals surface area contributed by atoms with Gasteiger partial charge in [0.25, 0.3) is 5.92 Å². The summed E-state index contributed by atoms with van der Waals surface area (Å²) in [5, 5.41) is 9.20. The molecule has 2 rings (SSSR count). The minimum Gasteiger partial charge on any atom is -0.496 e. The molecule has 1 aromatic rings. The van der Waals surface area contributed by atoms with Crippen LogP contribution in [0.25, 0.3) is 0 Å². The number of hydrogen-bond acceptors (Lipinski definition) is 2. The summed E-state index contributed by atoms with van der Waals surface area (Å²) in [4.78, 5) is 11.3. The molecular weight excluding hydrogens is 230 g/mol. The lowest BCUT2D eigenvalue weighted by Crippen LogP contribution is -2.54. The molecule has 0 unspecified atom stereocenters. The van der Waals surface area contributed by atoms with Gasteiger partial charge >= 0.3 is 5.97 Å². The maximum absolute atomic E-state index is 13.0. The van der Waals surface area contributed by atoms with Crippen LogP contribution in [0, 0.1) is 0 Å². The van der Waals surface area contributed by atoms with Crippen molar-refractivity contribution in [3.63, 3.8) is 0 Å². The first-order chi connectivity index (χ1) is 7.91. The lowest BCUT2D eigenvalue weighted by atomic mass is 9.62. The molecule has 1 aliphatic rings. The number of alkyl halides is 2. The van der Waals surface area contributed by atoms with Crippen LogP contribution < -0.4 is 4.74 Å². The largest absolute Gasteiger partial charge is 0.496 e. The van der Waals surface area contributed by atoms with Gasteiger partial charge in [-0.15, -0.1) is 0 Å². The first-order valence-corrected chi connectivity index (χ1v) is 5.16. The van der Waals surface area contributed by atoms with Gasteiger partial charge in [0, 0.05) is 18.4 Å². The third-order valence-corrected chi connectivity index (χ3v) is 3.15. The lowest BCUT2D eigenvalue weighted by molar-refractivity contribution is -0.174. The standard InChI is InChI=1S/C12H12F2O3/c1-17-9-5-3-2-4-8(9)11(10(15)16)6-12(13,14)7-11/h2-5H,6-7H2,1H3,(H,15,16). The van der Waals surface area contributed by atoms with Crippen LogP contribution in [-0.4, -0.2) is 24.1 Å². The van der Waals surface area contributed by atoms with Crippen LogP contribution in [0.1, 0.15) is 18.4 Å². The zero-order chi connectivity index (χ0) is 12.7. The molecule has 17 heavy (non-hydrogen) atoms. The molecule has 1 fully saturated rings. The first kappa shape index (κ1) is 11.8. The van der Waals surface area contributed by atoms with Crippen molar-refractivity contribution in [3.05, 3.63) is 29.8 Å². The molecule has 0 saturated heterocycles. The van der Waals surface area contributed by atoms with Gasteiger partial charge in [-0.05, 0) is 6.07 Å². The number of para-hydroxylation sites is 1. The summed E-state index contributed by atoms with van der Waals surface area (Å²) < 4.78 is 31.1. The van der Waals surface area contributed by atoms with E-state index in [1.165, 1.54) is 13.2 Å². The van der Waals surface area contributed by atoms with Crippen LogP contribution in [0.4, 0.5) is 8.78 Å². The van der Waals surface area contributed by atoms with Crippen molar-refractivity contribution in [2.75, 3.05) is 7.11 Å². The molecule has 92 valence electrons. The molecule has 0 heterocycles. The van der Waals surface area contributed by atoms with E-state index in [-0.39, 0.29) is 0 Å². The van der Waals surface area contributed by atoms with Gasteiger partial charge in [0.15, 0.2) is 0 Å². The Morgan fingerprint density at radius 3 is 2.41 bits per heavy atom. The van der Waals surface area contributed by atoms with E-state index in [0.29, 0.717) is 11.3 Å². The number of halogens is 2. The average Bonchev–Trinajstić information content (AvgIpc) is 2.25. The third kappa shape index (κ3) is 1.75. The Morgan fingerprint density at radius 2 is 1.94 bits per heavy atom. The number of rotatable bonds is 3. The van der Waals surface area contributed by atoms with Crippen LogP contribution in [0.3, 0.4) is 0 Å². The van der Waals surface area contributed by atoms with Crippen LogP contribution in [0.15, 0.2) is 24.3 Å². The maximum Gasteiger partial charge on any atom is 0.314 e. The molecular formula is C12H12F2O3. The Morgan fingerprint density at radius 1 is 1.35 bits per heavy atom. The summed E-state index contributed by atoms with van der Waals surface area (Å²) in [6, 6.07) is 6.41. The average molecular weight is 242 g/mol. The van der Waals surface area contributed by atoms with Gasteiger partial charge < -0.3 is 9.84 Å². The molecule has 3 nitrogen and oxygen atoms in total. The molecule has 0 spiro atoms. The highest BCUT2D eigenvalue weighted by Crippen LogP contribution is 2.55. The fourth-order valence-corrected chi connectivity index (χ4v) is 2.33. The molecule has 0 aromatic heterocycles. The van der Waals surface area contributed by atoms with Crippen molar-refractivity contribution in [1.82, 2.24) is 0 Å². The highest BCUT2D eigenvalue weighted by molar-refractivity contribution is 5.84. The van der Waals surface area contributed by atoms with Gasteiger partial charge in [0.05, 0.1) is 7.11 Å². The fraction of sp³-hybridized carbons (Fsp3) is 0.417. The minimum atomic E-state index is -2.90. The summed E-state index contributed by atoms with van der Waals surface area (Å²) in [6.07, 6.45) is -1.34. The second kappa shape index (κ2) is 3.68. The summed E-state index contributed by atoms with van der Waals surface area (Å²) in [5.74, 6) is -3.79. The topological polar surface area (TPSA) is 46.5 Å². The van der Waals surface area contributed by atoms with Crippen LogP contribution in [0.5, 0.6) is 5.75 Å². The van der Waals surface area contributed by atoms with E-state index in [4.69, 9.17) is 4.74 Å². The van der Waals surface area contributed by atoms with E-state index in [0.717, 1.165) is 0 Å². The van der Waals surface area contributed by atoms with Crippen LogP contribution in [0.2, 0.25) is 0 Å². The zero-order valence-electron chi connectivity index (χ0n) is 9.24. The predicted octanol–water partition coefficient (Wildman–Crippen LogP) is 2.45. The second-order valence-corrected chi connectivity index (χ2v) is 4.30. The molecule has 0 radical (unpaired) electrons. The van der Waals surface area contributed by atoms with E-state index < -0.39 is 30.1 Å². The highest BCUT2D eigenvalue weighted by Gasteiger charge is 2.62. The number of benzene rings is 1. The third-order valence-electron chi connectivity index (χ3n) is 3.15. The molecule has 1 N–H and O–H groups in total. The Labute approximate surface area is 97.0 Å². The van der Waals surface area contributed by atoms with Gasteiger partial charge in [-0.2, -0.15) is 0 Å². The second-order valence-electron chi connectivity index (χ2n) is 4.30. The van der Waals surface area contributed by atoms with Crippen LogP contribution in [-0.2, 0) is 10.2 Å². The number of carbonyl (C=O) groups is 1. The Hall–Kier alpha value is -1.65. The molecule has 0 aliphatic heterocycles. The Kier molecular flexibility index (Phi) is 2.56. The Bertz CT molecular complexity index is 449. The minimum absolute atomic E-state index is 0.320. The van der Waals surface area contributed by atoms with Crippen molar-refractivity contribution in [1.29, 1.82) is 0 Å². The number of hydrogen-bond donors (Lipinski definition) is 1. The highest BCUT2D eigenvalue weighted by atomic mass is 19.3. The van der Waals surface area contributed by atoms with Gasteiger partial charge in [0.2, 0.25) is 0 Å². The molecule has 5 heteroatoms. The first-order valence-electron chi connectivity index (χ1n) is 5.16. The zero-order valence-corrected chi connectivity index (χ0v) is 9.24. The number of ether oxygens (including phenoxy) is 1. The number of carboxylic acids is 1.